The molecule has 1 unspecified atom stereocenters. The maximum absolute atomic E-state index is 12.7. The summed E-state index contributed by atoms with van der Waals surface area (Å²) in [6, 6.07) is 4.00. The Balaban J connectivity index is 2.02. The van der Waals surface area contributed by atoms with Crippen molar-refractivity contribution in [1.82, 2.24) is 14.7 Å². The van der Waals surface area contributed by atoms with Crippen molar-refractivity contribution < 1.29 is 14.7 Å². The fourth-order valence-corrected chi connectivity index (χ4v) is 3.83. The summed E-state index contributed by atoms with van der Waals surface area (Å²) in [4.78, 5) is 42.8. The van der Waals surface area contributed by atoms with Crippen molar-refractivity contribution in [3.8, 4) is 0 Å². The van der Waals surface area contributed by atoms with E-state index in [-0.39, 0.29) is 5.56 Å². The summed E-state index contributed by atoms with van der Waals surface area (Å²) >= 11 is 1.36. The van der Waals surface area contributed by atoms with E-state index in [1.54, 1.807) is 26.0 Å². The van der Waals surface area contributed by atoms with Gasteiger partial charge in [-0.15, -0.1) is 11.3 Å². The van der Waals surface area contributed by atoms with Crippen LogP contribution in [0.25, 0.3) is 4.96 Å². The Morgan fingerprint density at radius 2 is 1.93 bits per heavy atom. The average molecular weight is 385 g/mol. The molecule has 1 amide bonds. The van der Waals surface area contributed by atoms with Gasteiger partial charge in [0.05, 0.1) is 0 Å². The topological polar surface area (TPSA) is 101 Å². The maximum atomic E-state index is 12.7. The van der Waals surface area contributed by atoms with E-state index < -0.39 is 23.5 Å². The number of thiazole rings is 1. The monoisotopic (exact) mass is 385 g/mol. The molecule has 0 aliphatic rings. The normalized spacial score (nSPS) is 12.1. The Morgan fingerprint density at radius 1 is 1.22 bits per heavy atom. The second-order valence-electron chi connectivity index (χ2n) is 6.37. The number of carboxylic acid groups (broad SMARTS) is 1. The molecule has 27 heavy (non-hydrogen) atoms. The number of rotatable bonds is 4. The number of nitrogens with one attached hydrogen (secondary N) is 1. The summed E-state index contributed by atoms with van der Waals surface area (Å²) in [5, 5.41) is 12.1. The van der Waals surface area contributed by atoms with Gasteiger partial charge in [-0.25, -0.2) is 9.78 Å². The lowest BCUT2D eigenvalue weighted by molar-refractivity contribution is -0.139. The van der Waals surface area contributed by atoms with E-state index >= 15 is 0 Å². The zero-order valence-corrected chi connectivity index (χ0v) is 16.2. The van der Waals surface area contributed by atoms with Gasteiger partial charge >= 0.3 is 5.97 Å². The predicted molar refractivity (Wildman–Crippen MR) is 103 cm³/mol. The Bertz CT molecular complexity index is 1130. The lowest BCUT2D eigenvalue weighted by Crippen LogP contribution is -2.37. The number of amides is 1. The van der Waals surface area contributed by atoms with Crippen LogP contribution in [0.15, 0.2) is 29.2 Å². The molecule has 2 N–H and O–H groups in total. The fraction of sp³-hybridized carbons (Fsp3) is 0.263. The van der Waals surface area contributed by atoms with Crippen LogP contribution in [0.5, 0.6) is 0 Å². The number of aryl methyl sites for hydroxylation is 3. The van der Waals surface area contributed by atoms with Crippen LogP contribution in [-0.4, -0.2) is 26.4 Å². The second kappa shape index (κ2) is 6.96. The molecule has 8 heteroatoms. The zero-order valence-electron chi connectivity index (χ0n) is 15.4. The van der Waals surface area contributed by atoms with Crippen LogP contribution in [0.2, 0.25) is 0 Å². The van der Waals surface area contributed by atoms with Crippen molar-refractivity contribution in [3.05, 3.63) is 67.6 Å². The summed E-state index contributed by atoms with van der Waals surface area (Å²) < 4.78 is 1.38. The fourth-order valence-electron chi connectivity index (χ4n) is 2.90. The van der Waals surface area contributed by atoms with Gasteiger partial charge in [-0.3, -0.25) is 14.0 Å². The standard InChI is InChI=1S/C19H19N3O4S/c1-9-6-5-7-13(10(9)2)15(18(25)26)21-16(23)14-8-20-19-22(17(14)24)11(3)12(4)27-19/h5-8,15H,1-4H3,(H,21,23)(H,25,26). The highest BCUT2D eigenvalue weighted by Gasteiger charge is 2.26. The lowest BCUT2D eigenvalue weighted by atomic mass is 9.97. The molecular weight excluding hydrogens is 366 g/mol. The first-order valence-corrected chi connectivity index (χ1v) is 9.11. The maximum Gasteiger partial charge on any atom is 0.330 e. The van der Waals surface area contributed by atoms with Crippen LogP contribution in [0.4, 0.5) is 0 Å². The molecule has 0 saturated carbocycles. The van der Waals surface area contributed by atoms with Crippen LogP contribution in [-0.2, 0) is 4.79 Å². The number of aliphatic carboxylic acids is 1. The van der Waals surface area contributed by atoms with Crippen molar-refractivity contribution in [1.29, 1.82) is 0 Å². The van der Waals surface area contributed by atoms with Gasteiger partial charge in [-0.2, -0.15) is 0 Å². The number of carboxylic acids is 1. The summed E-state index contributed by atoms with van der Waals surface area (Å²) in [7, 11) is 0. The number of aromatic nitrogens is 2. The highest BCUT2D eigenvalue weighted by atomic mass is 32.1. The quantitative estimate of drug-likeness (QED) is 0.719. The van der Waals surface area contributed by atoms with E-state index in [9.17, 15) is 19.5 Å². The second-order valence-corrected chi connectivity index (χ2v) is 7.55. The van der Waals surface area contributed by atoms with E-state index in [1.165, 1.54) is 21.9 Å². The highest BCUT2D eigenvalue weighted by molar-refractivity contribution is 7.17. The molecule has 1 aromatic carbocycles. The lowest BCUT2D eigenvalue weighted by Gasteiger charge is -2.18. The van der Waals surface area contributed by atoms with Crippen molar-refractivity contribution in [2.24, 2.45) is 0 Å². The molecule has 2 aromatic heterocycles. The third-order valence-corrected chi connectivity index (χ3v) is 5.81. The van der Waals surface area contributed by atoms with Crippen LogP contribution in [0.3, 0.4) is 0 Å². The third-order valence-electron chi connectivity index (χ3n) is 4.74. The molecule has 0 spiro atoms. The van der Waals surface area contributed by atoms with Gasteiger partial charge in [0, 0.05) is 16.8 Å². The Morgan fingerprint density at radius 3 is 2.59 bits per heavy atom. The van der Waals surface area contributed by atoms with Gasteiger partial charge in [0.1, 0.15) is 5.56 Å². The van der Waals surface area contributed by atoms with E-state index in [2.05, 4.69) is 10.3 Å². The molecule has 0 aliphatic heterocycles. The van der Waals surface area contributed by atoms with Crippen molar-refractivity contribution in [2.75, 3.05) is 0 Å². The summed E-state index contributed by atoms with van der Waals surface area (Å²) in [6.07, 6.45) is 1.20. The van der Waals surface area contributed by atoms with E-state index in [0.717, 1.165) is 16.0 Å². The first-order chi connectivity index (χ1) is 12.7. The SMILES string of the molecule is Cc1cccc(C(NC(=O)c2cnc3sc(C)c(C)n3c2=O)C(=O)O)c1C. The number of hydrogen-bond acceptors (Lipinski definition) is 5. The molecular formula is C19H19N3O4S. The van der Waals surface area contributed by atoms with Crippen LogP contribution >= 0.6 is 11.3 Å². The summed E-state index contributed by atoms with van der Waals surface area (Å²) in [6.45, 7) is 7.31. The van der Waals surface area contributed by atoms with Crippen LogP contribution < -0.4 is 10.9 Å². The van der Waals surface area contributed by atoms with Crippen molar-refractivity contribution in [3.63, 3.8) is 0 Å². The van der Waals surface area contributed by atoms with Gasteiger partial charge in [0.25, 0.3) is 11.5 Å². The zero-order chi connectivity index (χ0) is 19.9. The molecule has 7 nitrogen and oxygen atoms in total. The Kier molecular flexibility index (Phi) is 4.84. The van der Waals surface area contributed by atoms with Crippen LogP contribution in [0, 0.1) is 27.7 Å². The van der Waals surface area contributed by atoms with Crippen LogP contribution in [0.1, 0.15) is 43.7 Å². The van der Waals surface area contributed by atoms with Crippen molar-refractivity contribution >= 4 is 28.2 Å². The number of carbonyl (C=O) groups excluding carboxylic acids is 1. The molecule has 0 fully saturated rings. The molecule has 1 atom stereocenters. The first-order valence-electron chi connectivity index (χ1n) is 8.30. The third kappa shape index (κ3) is 3.23. The predicted octanol–water partition coefficient (Wildman–Crippen LogP) is 2.55. The average Bonchev–Trinajstić information content (AvgIpc) is 2.90. The minimum atomic E-state index is -1.26. The minimum Gasteiger partial charge on any atom is -0.479 e. The van der Waals surface area contributed by atoms with Gasteiger partial charge < -0.3 is 10.4 Å². The van der Waals surface area contributed by atoms with Gasteiger partial charge in [-0.05, 0) is 44.4 Å². The molecule has 0 bridgehead atoms. The number of hydrogen-bond donors (Lipinski definition) is 2. The molecule has 2 heterocycles. The molecule has 0 aliphatic carbocycles. The van der Waals surface area contributed by atoms with Gasteiger partial charge in [0.15, 0.2) is 11.0 Å². The number of nitrogens with zero attached hydrogens (tertiary/aromatic N) is 2. The Hall–Kier alpha value is -3.00. The first kappa shape index (κ1) is 18.8. The van der Waals surface area contributed by atoms with Gasteiger partial charge in [0.2, 0.25) is 0 Å². The summed E-state index contributed by atoms with van der Waals surface area (Å²) in [5.41, 5.74) is 2.19. The van der Waals surface area contributed by atoms with E-state index in [0.29, 0.717) is 16.2 Å². The van der Waals surface area contributed by atoms with E-state index in [1.807, 2.05) is 19.9 Å². The molecule has 3 aromatic rings. The van der Waals surface area contributed by atoms with E-state index in [4.69, 9.17) is 0 Å². The molecule has 3 rings (SSSR count). The number of fused-ring (bicyclic) bond motifs is 1. The smallest absolute Gasteiger partial charge is 0.330 e. The highest BCUT2D eigenvalue weighted by Crippen LogP contribution is 2.22. The number of carbonyl (C=O) groups is 2. The van der Waals surface area contributed by atoms with Crippen molar-refractivity contribution in [2.45, 2.75) is 33.7 Å². The summed E-state index contributed by atoms with van der Waals surface area (Å²) in [5.74, 6) is -1.97. The largest absolute Gasteiger partial charge is 0.479 e. The molecule has 140 valence electrons. The molecule has 0 saturated heterocycles. The van der Waals surface area contributed by atoms with Gasteiger partial charge in [-0.1, -0.05) is 18.2 Å². The number of benzene rings is 1. The minimum absolute atomic E-state index is 0.190. The Labute approximate surface area is 159 Å². The molecule has 0 radical (unpaired) electrons.